The number of rotatable bonds is 1. The molecular weight excluding hydrogens is 328 g/mol. The maximum absolute atomic E-state index is 11.8. The highest BCUT2D eigenvalue weighted by Gasteiger charge is 2.64. The maximum atomic E-state index is 11.8. The van der Waals surface area contributed by atoms with Gasteiger partial charge in [0.15, 0.2) is 5.60 Å². The highest BCUT2D eigenvalue weighted by molar-refractivity contribution is 7.87. The molecular formula is C10H14O9S2. The lowest BCUT2D eigenvalue weighted by atomic mass is 9.75. The van der Waals surface area contributed by atoms with Gasteiger partial charge in [-0.25, -0.2) is 4.79 Å². The Labute approximate surface area is 121 Å². The van der Waals surface area contributed by atoms with Crippen LogP contribution in [-0.4, -0.2) is 59.4 Å². The number of hydrogen-bond donors (Lipinski definition) is 0. The third-order valence-electron chi connectivity index (χ3n) is 3.99. The summed E-state index contributed by atoms with van der Waals surface area (Å²) in [6.45, 7) is 1.00. The molecule has 3 aliphatic rings. The summed E-state index contributed by atoms with van der Waals surface area (Å²) in [5.41, 5.74) is -2.38. The smallest absolute Gasteiger partial charge is 0.430 e. The van der Waals surface area contributed by atoms with Crippen molar-refractivity contribution < 1.29 is 39.5 Å². The first-order chi connectivity index (χ1) is 9.56. The van der Waals surface area contributed by atoms with Gasteiger partial charge in [0.2, 0.25) is 0 Å². The predicted molar refractivity (Wildman–Crippen MR) is 66.3 cm³/mol. The van der Waals surface area contributed by atoms with E-state index in [1.165, 1.54) is 6.92 Å². The molecule has 0 N–H and O–H groups in total. The molecule has 3 saturated heterocycles. The van der Waals surface area contributed by atoms with E-state index in [1.54, 1.807) is 0 Å². The van der Waals surface area contributed by atoms with Crippen LogP contribution in [0.15, 0.2) is 0 Å². The fraction of sp³-hybridized carbons (Fsp3) is 0.900. The van der Waals surface area contributed by atoms with Crippen LogP contribution in [0.5, 0.6) is 0 Å². The van der Waals surface area contributed by atoms with E-state index in [2.05, 4.69) is 0 Å². The lowest BCUT2D eigenvalue weighted by molar-refractivity contribution is -0.0834. The zero-order chi connectivity index (χ0) is 15.5. The molecule has 3 atom stereocenters. The van der Waals surface area contributed by atoms with Gasteiger partial charge >= 0.3 is 6.16 Å². The second-order valence-electron chi connectivity index (χ2n) is 5.77. The third-order valence-corrected chi connectivity index (χ3v) is 6.58. The monoisotopic (exact) mass is 342 g/mol. The van der Waals surface area contributed by atoms with Crippen molar-refractivity contribution in [2.75, 3.05) is 24.7 Å². The van der Waals surface area contributed by atoms with Crippen molar-refractivity contribution in [2.45, 2.75) is 25.0 Å². The quantitative estimate of drug-likeness (QED) is 0.453. The highest BCUT2D eigenvalue weighted by atomic mass is 32.2. The molecule has 0 aromatic heterocycles. The molecule has 3 aliphatic heterocycles. The zero-order valence-electron chi connectivity index (χ0n) is 11.1. The molecule has 11 heteroatoms. The number of hydrogen-bond acceptors (Lipinski definition) is 9. The third kappa shape index (κ3) is 2.51. The fourth-order valence-corrected chi connectivity index (χ4v) is 6.07. The van der Waals surface area contributed by atoms with Gasteiger partial charge in [0.25, 0.3) is 20.2 Å². The Morgan fingerprint density at radius 2 is 1.86 bits per heavy atom. The van der Waals surface area contributed by atoms with Gasteiger partial charge < -0.3 is 9.47 Å². The van der Waals surface area contributed by atoms with Crippen LogP contribution in [0.3, 0.4) is 0 Å². The van der Waals surface area contributed by atoms with Crippen LogP contribution in [0.2, 0.25) is 0 Å². The molecule has 3 rings (SSSR count). The molecule has 21 heavy (non-hydrogen) atoms. The van der Waals surface area contributed by atoms with Crippen molar-refractivity contribution in [3.05, 3.63) is 0 Å². The Kier molecular flexibility index (Phi) is 3.08. The van der Waals surface area contributed by atoms with Gasteiger partial charge in [-0.2, -0.15) is 16.8 Å². The summed E-state index contributed by atoms with van der Waals surface area (Å²) in [5, 5.41) is 0. The molecule has 0 aromatic carbocycles. The van der Waals surface area contributed by atoms with Crippen LogP contribution in [0.1, 0.15) is 13.3 Å². The molecule has 0 aromatic rings. The summed E-state index contributed by atoms with van der Waals surface area (Å²) in [7, 11) is -7.51. The van der Waals surface area contributed by atoms with E-state index in [0.717, 1.165) is 0 Å². The Bertz CT molecular complexity index is 665. The summed E-state index contributed by atoms with van der Waals surface area (Å²) in [5.74, 6) is -0.694. The Balaban J connectivity index is 1.96. The topological polar surface area (TPSA) is 122 Å². The summed E-state index contributed by atoms with van der Waals surface area (Å²) in [6.07, 6.45) is -1.91. The number of carbonyl (C=O) groups is 1. The Morgan fingerprint density at radius 3 is 2.38 bits per heavy atom. The first-order valence-electron chi connectivity index (χ1n) is 6.20. The molecule has 0 saturated carbocycles. The molecule has 3 unspecified atom stereocenters. The molecule has 3 fully saturated rings. The molecule has 9 nitrogen and oxygen atoms in total. The molecule has 0 aliphatic carbocycles. The Morgan fingerprint density at radius 1 is 1.14 bits per heavy atom. The van der Waals surface area contributed by atoms with E-state index in [-0.39, 0.29) is 31.1 Å². The highest BCUT2D eigenvalue weighted by Crippen LogP contribution is 2.48. The van der Waals surface area contributed by atoms with E-state index in [0.29, 0.717) is 0 Å². The number of carbonyl (C=O) groups excluding carboxylic acids is 1. The summed E-state index contributed by atoms with van der Waals surface area (Å²) < 4.78 is 66.1. The minimum absolute atomic E-state index is 0.0480. The van der Waals surface area contributed by atoms with Gasteiger partial charge in [0, 0.05) is 5.41 Å². The zero-order valence-corrected chi connectivity index (χ0v) is 12.7. The van der Waals surface area contributed by atoms with Gasteiger partial charge in [-0.1, -0.05) is 0 Å². The number of ether oxygens (including phenoxy) is 2. The second-order valence-corrected chi connectivity index (χ2v) is 9.12. The maximum Gasteiger partial charge on any atom is 0.509 e. The average molecular weight is 342 g/mol. The van der Waals surface area contributed by atoms with Gasteiger partial charge in [-0.05, 0) is 13.3 Å². The Hall–Kier alpha value is -0.910. The van der Waals surface area contributed by atoms with Gasteiger partial charge in [-0.15, -0.1) is 0 Å². The molecule has 120 valence electrons. The molecule has 1 spiro atoms. The minimum Gasteiger partial charge on any atom is -0.430 e. The van der Waals surface area contributed by atoms with Crippen LogP contribution >= 0.6 is 0 Å². The second kappa shape index (κ2) is 4.31. The fourth-order valence-electron chi connectivity index (χ4n) is 3.03. The molecule has 0 amide bonds. The predicted octanol–water partition coefficient (Wildman–Crippen LogP) is -0.623. The van der Waals surface area contributed by atoms with Crippen molar-refractivity contribution in [1.29, 1.82) is 0 Å². The first-order valence-corrected chi connectivity index (χ1v) is 9.35. The standard InChI is InChI=1S/C10H14O9S2/c1-9(4-16-8(11)18-9)7-10(6-21(14,15)19-7)2-3-20(12,13)17-5-10/h7H,2-6H2,1H3. The van der Waals surface area contributed by atoms with Crippen molar-refractivity contribution in [3.63, 3.8) is 0 Å². The molecule has 0 bridgehead atoms. The number of cyclic esters (lactones) is 2. The molecule has 3 heterocycles. The lowest BCUT2D eigenvalue weighted by Crippen LogP contribution is -2.55. The largest absolute Gasteiger partial charge is 0.509 e. The van der Waals surface area contributed by atoms with E-state index < -0.39 is 43.5 Å². The average Bonchev–Trinajstić information content (AvgIpc) is 2.83. The van der Waals surface area contributed by atoms with Crippen LogP contribution in [0, 0.1) is 5.41 Å². The van der Waals surface area contributed by atoms with Crippen molar-refractivity contribution >= 4 is 26.4 Å². The van der Waals surface area contributed by atoms with E-state index in [1.807, 2.05) is 0 Å². The van der Waals surface area contributed by atoms with Gasteiger partial charge in [0.05, 0.1) is 18.1 Å². The summed E-state index contributed by atoms with van der Waals surface area (Å²) in [6, 6.07) is 0. The minimum atomic E-state index is -3.86. The summed E-state index contributed by atoms with van der Waals surface area (Å²) in [4.78, 5) is 11.2. The van der Waals surface area contributed by atoms with Crippen LogP contribution in [0.4, 0.5) is 4.79 Å². The van der Waals surface area contributed by atoms with E-state index >= 15 is 0 Å². The van der Waals surface area contributed by atoms with Crippen LogP contribution in [0.25, 0.3) is 0 Å². The van der Waals surface area contributed by atoms with Gasteiger partial charge in [-0.3, -0.25) is 8.37 Å². The normalized spacial score (nSPS) is 44.4. The lowest BCUT2D eigenvalue weighted by Gasteiger charge is -2.40. The van der Waals surface area contributed by atoms with Crippen LogP contribution < -0.4 is 0 Å². The van der Waals surface area contributed by atoms with E-state index in [4.69, 9.17) is 17.8 Å². The van der Waals surface area contributed by atoms with Crippen molar-refractivity contribution in [3.8, 4) is 0 Å². The van der Waals surface area contributed by atoms with E-state index in [9.17, 15) is 21.6 Å². The molecule has 0 radical (unpaired) electrons. The van der Waals surface area contributed by atoms with Crippen molar-refractivity contribution in [1.82, 2.24) is 0 Å². The van der Waals surface area contributed by atoms with Crippen LogP contribution in [-0.2, 0) is 38.1 Å². The van der Waals surface area contributed by atoms with Gasteiger partial charge in [0.1, 0.15) is 12.7 Å². The summed E-state index contributed by atoms with van der Waals surface area (Å²) >= 11 is 0. The first kappa shape index (κ1) is 15.0. The van der Waals surface area contributed by atoms with Crippen molar-refractivity contribution in [2.24, 2.45) is 5.41 Å². The SMILES string of the molecule is CC1(C2OS(=O)(=O)CC23CCS(=O)(=O)OC3)COC(=O)O1.